The number of hydrogen-bond donors (Lipinski definition) is 5. The Balaban J connectivity index is 1.43. The highest BCUT2D eigenvalue weighted by Crippen LogP contribution is 2.36. The van der Waals surface area contributed by atoms with Gasteiger partial charge in [-0.3, -0.25) is 24.5 Å². The van der Waals surface area contributed by atoms with E-state index < -0.39 is 4.92 Å². The number of benzene rings is 3. The first-order chi connectivity index (χ1) is 18.4. The number of hydroxylamine groups is 1. The van der Waals surface area contributed by atoms with Crippen LogP contribution in [0, 0.1) is 10.1 Å². The van der Waals surface area contributed by atoms with E-state index in [0.29, 0.717) is 78.2 Å². The van der Waals surface area contributed by atoms with Gasteiger partial charge < -0.3 is 21.2 Å². The molecule has 11 nitrogen and oxygen atoms in total. The summed E-state index contributed by atoms with van der Waals surface area (Å²) in [6, 6.07) is 15.6. The summed E-state index contributed by atoms with van der Waals surface area (Å²) in [6.45, 7) is 1.62. The molecule has 5 N–H and O–H groups in total. The maximum Gasteiger partial charge on any atom is 0.269 e. The molecule has 0 bridgehead atoms. The average Bonchev–Trinajstić information content (AvgIpc) is 2.94. The Morgan fingerprint density at radius 2 is 1.29 bits per heavy atom. The normalized spacial score (nSPS) is 11.9. The van der Waals surface area contributed by atoms with Gasteiger partial charge in [0, 0.05) is 66.4 Å². The lowest BCUT2D eigenvalue weighted by molar-refractivity contribution is -0.384. The molecule has 0 fully saturated rings. The van der Waals surface area contributed by atoms with Crippen LogP contribution in [0.1, 0.15) is 55.0 Å². The summed E-state index contributed by atoms with van der Waals surface area (Å²) in [5.74, 6) is -0.830. The molecular weight excluding hydrogens is 490 g/mol. The number of nitro benzene ring substituents is 1. The minimum Gasteiger partial charge on any atom is -0.384 e. The third-order valence-corrected chi connectivity index (χ3v) is 6.15. The number of carbonyl (C=O) groups excluding carboxylic acids is 3. The van der Waals surface area contributed by atoms with Crippen molar-refractivity contribution in [1.29, 1.82) is 0 Å². The van der Waals surface area contributed by atoms with E-state index in [1.807, 2.05) is 0 Å². The van der Waals surface area contributed by atoms with E-state index in [1.54, 1.807) is 36.4 Å². The number of rotatable bonds is 12. The van der Waals surface area contributed by atoms with E-state index in [4.69, 9.17) is 5.21 Å². The van der Waals surface area contributed by atoms with Crippen molar-refractivity contribution in [2.45, 2.75) is 12.8 Å². The largest absolute Gasteiger partial charge is 0.384 e. The molecule has 0 aliphatic heterocycles. The van der Waals surface area contributed by atoms with Gasteiger partial charge in [-0.25, -0.2) is 5.48 Å². The molecule has 3 aromatic rings. The molecule has 4 rings (SSSR count). The number of nitro groups is 1. The van der Waals surface area contributed by atoms with E-state index >= 15 is 0 Å². The van der Waals surface area contributed by atoms with E-state index in [-0.39, 0.29) is 23.2 Å². The Hall–Kier alpha value is -4.61. The molecule has 0 saturated carbocycles. The number of anilines is 2. The number of carbonyl (C=O) groups is 3. The molecule has 0 spiro atoms. The molecule has 0 heterocycles. The van der Waals surface area contributed by atoms with Crippen LogP contribution < -0.4 is 21.4 Å². The minimum absolute atomic E-state index is 0.0897. The van der Waals surface area contributed by atoms with Crippen LogP contribution in [0.2, 0.25) is 0 Å². The zero-order chi connectivity index (χ0) is 27.1. The summed E-state index contributed by atoms with van der Waals surface area (Å²) in [7, 11) is 0. The quantitative estimate of drug-likeness (QED) is 0.108. The molecule has 0 aromatic heterocycles. The van der Waals surface area contributed by atoms with Crippen LogP contribution in [0.25, 0.3) is 0 Å². The molecule has 11 heteroatoms. The van der Waals surface area contributed by atoms with Crippen molar-refractivity contribution in [1.82, 2.24) is 10.8 Å². The lowest BCUT2D eigenvalue weighted by Crippen LogP contribution is -2.27. The zero-order valence-corrected chi connectivity index (χ0v) is 20.5. The van der Waals surface area contributed by atoms with Crippen LogP contribution in [0.4, 0.5) is 17.1 Å². The maximum atomic E-state index is 13.4. The third-order valence-electron chi connectivity index (χ3n) is 6.15. The molecule has 1 aliphatic carbocycles. The van der Waals surface area contributed by atoms with Gasteiger partial charge in [0.2, 0.25) is 0 Å². The molecule has 0 saturated heterocycles. The van der Waals surface area contributed by atoms with Crippen LogP contribution in [-0.2, 0) is 0 Å². The Morgan fingerprint density at radius 3 is 1.79 bits per heavy atom. The highest BCUT2D eigenvalue weighted by atomic mass is 16.6. The summed E-state index contributed by atoms with van der Waals surface area (Å²) in [4.78, 5) is 49.4. The number of nitrogens with one attached hydrogen (secondary N) is 4. The van der Waals surface area contributed by atoms with Crippen molar-refractivity contribution in [3.63, 3.8) is 0 Å². The smallest absolute Gasteiger partial charge is 0.269 e. The summed E-state index contributed by atoms with van der Waals surface area (Å²) >= 11 is 0. The fourth-order valence-corrected chi connectivity index (χ4v) is 4.26. The lowest BCUT2D eigenvalue weighted by atomic mass is 9.82. The zero-order valence-electron chi connectivity index (χ0n) is 20.5. The highest BCUT2D eigenvalue weighted by Gasteiger charge is 2.33. The molecule has 0 atom stereocenters. The number of non-ortho nitro benzene ring substituents is 1. The topological polar surface area (TPSA) is 163 Å². The Kier molecular flexibility index (Phi) is 8.41. The predicted octanol–water partition coefficient (Wildman–Crippen LogP) is 3.38. The second-order valence-electron chi connectivity index (χ2n) is 8.64. The molecule has 196 valence electrons. The van der Waals surface area contributed by atoms with Crippen molar-refractivity contribution in [3.8, 4) is 0 Å². The molecule has 3 aromatic carbocycles. The molecule has 38 heavy (non-hydrogen) atoms. The van der Waals surface area contributed by atoms with Crippen molar-refractivity contribution >= 4 is 34.5 Å². The molecule has 1 aliphatic rings. The van der Waals surface area contributed by atoms with Crippen molar-refractivity contribution in [3.05, 3.63) is 98.6 Å². The number of hydrogen-bond acceptors (Lipinski definition) is 9. The van der Waals surface area contributed by atoms with Crippen LogP contribution in [0.3, 0.4) is 0 Å². The van der Waals surface area contributed by atoms with Gasteiger partial charge in [-0.15, -0.1) is 0 Å². The average molecular weight is 518 g/mol. The van der Waals surface area contributed by atoms with Gasteiger partial charge >= 0.3 is 0 Å². The van der Waals surface area contributed by atoms with E-state index in [2.05, 4.69) is 21.4 Å². The fourth-order valence-electron chi connectivity index (χ4n) is 4.26. The standard InChI is InChI=1S/C27H27N5O6/c33-25-19-5-1-2-6-20(19)26(34)24-22(29-14-4-16-31-36)12-11-21(23(24)25)28-13-3-15-30-27(35)17-7-9-18(10-8-17)32(37)38/h1-2,5-12,28-29,31,36H,3-4,13-16H2,(H,30,35). The maximum absolute atomic E-state index is 13.4. The fraction of sp³-hybridized carbons (Fsp3) is 0.222. The molecule has 1 amide bonds. The van der Waals surface area contributed by atoms with Crippen molar-refractivity contribution in [2.24, 2.45) is 0 Å². The van der Waals surface area contributed by atoms with Gasteiger partial charge in [0.25, 0.3) is 11.6 Å². The molecule has 0 radical (unpaired) electrons. The first-order valence-corrected chi connectivity index (χ1v) is 12.1. The van der Waals surface area contributed by atoms with Gasteiger partial charge in [-0.1, -0.05) is 24.3 Å². The SMILES string of the molecule is O=C(NCCCNc1ccc(NCCCNO)c2c1C(=O)c1ccccc1C2=O)c1ccc([N+](=O)[O-])cc1. The highest BCUT2D eigenvalue weighted by molar-refractivity contribution is 6.31. The lowest BCUT2D eigenvalue weighted by Gasteiger charge is -2.24. The van der Waals surface area contributed by atoms with Gasteiger partial charge in [0.1, 0.15) is 0 Å². The van der Waals surface area contributed by atoms with Crippen LogP contribution in [0.5, 0.6) is 0 Å². The Labute approximate surface area is 218 Å². The monoisotopic (exact) mass is 517 g/mol. The predicted molar refractivity (Wildman–Crippen MR) is 141 cm³/mol. The van der Waals surface area contributed by atoms with Crippen molar-refractivity contribution < 1.29 is 24.5 Å². The summed E-state index contributed by atoms with van der Waals surface area (Å²) in [5, 5.41) is 28.7. The minimum atomic E-state index is -0.527. The first kappa shape index (κ1) is 26.5. The Morgan fingerprint density at radius 1 is 0.763 bits per heavy atom. The molecule has 0 unspecified atom stereocenters. The number of amides is 1. The van der Waals surface area contributed by atoms with Gasteiger partial charge in [0.05, 0.1) is 16.1 Å². The Bertz CT molecular complexity index is 1370. The molecular formula is C27H27N5O6. The second-order valence-corrected chi connectivity index (χ2v) is 8.64. The van der Waals surface area contributed by atoms with Crippen LogP contribution in [-0.4, -0.2) is 53.8 Å². The summed E-state index contributed by atoms with van der Waals surface area (Å²) < 4.78 is 0. The summed E-state index contributed by atoms with van der Waals surface area (Å²) in [5.41, 5.74) is 4.71. The number of nitrogens with zero attached hydrogens (tertiary/aromatic N) is 1. The van der Waals surface area contributed by atoms with Crippen LogP contribution >= 0.6 is 0 Å². The third kappa shape index (κ3) is 5.69. The first-order valence-electron chi connectivity index (χ1n) is 12.1. The van der Waals surface area contributed by atoms with Gasteiger partial charge in [-0.2, -0.15) is 0 Å². The van der Waals surface area contributed by atoms with E-state index in [1.165, 1.54) is 24.3 Å². The summed E-state index contributed by atoms with van der Waals surface area (Å²) in [6.07, 6.45) is 1.13. The van der Waals surface area contributed by atoms with Gasteiger partial charge in [-0.05, 0) is 37.1 Å². The van der Waals surface area contributed by atoms with E-state index in [9.17, 15) is 24.5 Å². The van der Waals surface area contributed by atoms with E-state index in [0.717, 1.165) is 0 Å². The number of fused-ring (bicyclic) bond motifs is 2. The second kappa shape index (κ2) is 12.1. The van der Waals surface area contributed by atoms with Gasteiger partial charge in [0.15, 0.2) is 11.6 Å². The number of ketones is 2. The van der Waals surface area contributed by atoms with Crippen LogP contribution in [0.15, 0.2) is 60.7 Å². The van der Waals surface area contributed by atoms with Crippen molar-refractivity contribution in [2.75, 3.05) is 36.8 Å².